The first-order valence-corrected chi connectivity index (χ1v) is 9.53. The van der Waals surface area contributed by atoms with Gasteiger partial charge in [0.15, 0.2) is 0 Å². The largest absolute Gasteiger partial charge is 0.345 e. The van der Waals surface area contributed by atoms with Crippen molar-refractivity contribution in [3.63, 3.8) is 0 Å². The quantitative estimate of drug-likeness (QED) is 0.855. The molecule has 0 unspecified atom stereocenters. The van der Waals surface area contributed by atoms with Crippen molar-refractivity contribution in [2.24, 2.45) is 0 Å². The summed E-state index contributed by atoms with van der Waals surface area (Å²) in [6.45, 7) is 13.8. The third-order valence-corrected chi connectivity index (χ3v) is 4.17. The number of piperidine rings is 1. The Balaban J connectivity index is 0.000000490. The van der Waals surface area contributed by atoms with Gasteiger partial charge >= 0.3 is 0 Å². The number of hydrogen-bond acceptors (Lipinski definition) is 3. The molecule has 0 bridgehead atoms. The molecule has 2 aliphatic rings. The number of carbonyl (C=O) groups is 1. The molecule has 2 fully saturated rings. The van der Waals surface area contributed by atoms with Crippen LogP contribution in [0.15, 0.2) is 6.20 Å². The van der Waals surface area contributed by atoms with Gasteiger partial charge in [-0.1, -0.05) is 27.7 Å². The molecular weight excluding hydrogens is 300 g/mol. The van der Waals surface area contributed by atoms with Crippen molar-refractivity contribution >= 4 is 6.41 Å². The number of likely N-dealkylation sites (tertiary alicyclic amines) is 1. The molecule has 3 rings (SSSR count). The van der Waals surface area contributed by atoms with E-state index in [9.17, 15) is 4.79 Å². The van der Waals surface area contributed by atoms with Crippen LogP contribution in [0.3, 0.4) is 0 Å². The summed E-state index contributed by atoms with van der Waals surface area (Å²) in [5, 5.41) is 7.63. The van der Waals surface area contributed by atoms with Gasteiger partial charge in [-0.2, -0.15) is 5.10 Å². The molecule has 1 aliphatic carbocycles. The van der Waals surface area contributed by atoms with Gasteiger partial charge in [0, 0.05) is 25.3 Å². The van der Waals surface area contributed by atoms with Crippen LogP contribution in [-0.4, -0.2) is 47.3 Å². The molecule has 1 saturated carbocycles. The maximum absolute atomic E-state index is 10.6. The first-order chi connectivity index (χ1) is 11.6. The molecule has 1 aliphatic heterocycles. The van der Waals surface area contributed by atoms with E-state index in [1.807, 2.05) is 46.6 Å². The van der Waals surface area contributed by atoms with E-state index in [2.05, 4.69) is 28.2 Å². The minimum atomic E-state index is 0.466. The Bertz CT molecular complexity index is 413. The van der Waals surface area contributed by atoms with Gasteiger partial charge in [0.25, 0.3) is 0 Å². The van der Waals surface area contributed by atoms with Crippen LogP contribution < -0.4 is 5.32 Å². The van der Waals surface area contributed by atoms with Crippen LogP contribution in [0.1, 0.15) is 70.7 Å². The third-order valence-electron chi connectivity index (χ3n) is 4.17. The van der Waals surface area contributed by atoms with Crippen LogP contribution >= 0.6 is 0 Å². The predicted molar refractivity (Wildman–Crippen MR) is 102 cm³/mol. The smallest absolute Gasteiger partial charge is 0.209 e. The van der Waals surface area contributed by atoms with Crippen LogP contribution in [0.4, 0.5) is 0 Å². The summed E-state index contributed by atoms with van der Waals surface area (Å²) in [4.78, 5) is 12.4. The molecular formula is C19H38N4O. The molecule has 1 saturated heterocycles. The average molecular weight is 339 g/mol. The molecule has 1 aromatic heterocycles. The molecule has 1 N–H and O–H groups in total. The second-order valence-corrected chi connectivity index (χ2v) is 5.81. The van der Waals surface area contributed by atoms with E-state index in [-0.39, 0.29) is 0 Å². The van der Waals surface area contributed by atoms with Gasteiger partial charge < -0.3 is 10.2 Å². The van der Waals surface area contributed by atoms with E-state index in [0.29, 0.717) is 6.04 Å². The fourth-order valence-corrected chi connectivity index (χ4v) is 2.39. The minimum absolute atomic E-state index is 0.466. The first-order valence-electron chi connectivity index (χ1n) is 9.53. The molecule has 5 heteroatoms. The molecule has 0 atom stereocenters. The number of aryl methyl sites for hydroxylation is 2. The number of carbonyl (C=O) groups excluding carboxylic acids is 1. The van der Waals surface area contributed by atoms with Gasteiger partial charge in [0.05, 0.1) is 11.7 Å². The second kappa shape index (κ2) is 13.0. The van der Waals surface area contributed by atoms with Crippen molar-refractivity contribution in [2.75, 3.05) is 20.1 Å². The van der Waals surface area contributed by atoms with Gasteiger partial charge in [-0.25, -0.2) is 0 Å². The Hall–Kier alpha value is -1.36. The Morgan fingerprint density at radius 2 is 1.62 bits per heavy atom. The molecule has 1 amide bonds. The Morgan fingerprint density at radius 1 is 1.08 bits per heavy atom. The van der Waals surface area contributed by atoms with Crippen LogP contribution in [-0.2, 0) is 4.79 Å². The highest BCUT2D eigenvalue weighted by atomic mass is 16.1. The summed E-state index contributed by atoms with van der Waals surface area (Å²) < 4.78 is 2.06. The third kappa shape index (κ3) is 7.95. The van der Waals surface area contributed by atoms with E-state index >= 15 is 0 Å². The van der Waals surface area contributed by atoms with Gasteiger partial charge in [0.2, 0.25) is 6.41 Å². The summed E-state index contributed by atoms with van der Waals surface area (Å²) in [5.41, 5.74) is 2.35. The van der Waals surface area contributed by atoms with E-state index in [1.54, 1.807) is 0 Å². The van der Waals surface area contributed by atoms with Crippen LogP contribution in [0.25, 0.3) is 0 Å². The fourth-order valence-electron chi connectivity index (χ4n) is 2.39. The lowest BCUT2D eigenvalue weighted by molar-refractivity contribution is -0.119. The number of nitrogens with zero attached hydrogens (tertiary/aromatic N) is 3. The topological polar surface area (TPSA) is 50.2 Å². The number of rotatable bonds is 3. The maximum atomic E-state index is 10.6. The molecule has 0 aromatic carbocycles. The van der Waals surface area contributed by atoms with Crippen molar-refractivity contribution in [3.05, 3.63) is 17.5 Å². The number of hydrogen-bond donors (Lipinski definition) is 1. The molecule has 5 nitrogen and oxygen atoms in total. The minimum Gasteiger partial charge on any atom is -0.345 e. The van der Waals surface area contributed by atoms with Crippen molar-refractivity contribution in [1.29, 1.82) is 0 Å². The Kier molecular flexibility index (Phi) is 12.3. The molecule has 0 radical (unpaired) electrons. The van der Waals surface area contributed by atoms with Crippen LogP contribution in [0.5, 0.6) is 0 Å². The fraction of sp³-hybridized carbons (Fsp3) is 0.789. The van der Waals surface area contributed by atoms with E-state index < -0.39 is 0 Å². The lowest BCUT2D eigenvalue weighted by atomic mass is 10.1. The summed E-state index contributed by atoms with van der Waals surface area (Å²) in [6.07, 6.45) is 7.87. The van der Waals surface area contributed by atoms with Crippen molar-refractivity contribution in [3.8, 4) is 0 Å². The summed E-state index contributed by atoms with van der Waals surface area (Å²) in [6, 6.07) is 1.35. The lowest BCUT2D eigenvalue weighted by Crippen LogP contribution is -2.33. The summed E-state index contributed by atoms with van der Waals surface area (Å²) >= 11 is 0. The highest BCUT2D eigenvalue weighted by Gasteiger charge is 2.20. The predicted octanol–water partition coefficient (Wildman–Crippen LogP) is 3.71. The standard InChI is InChI=1S/C11H17N3O.C4H9N.2C2H6/c1-9-7-14(12-10(9)2)11-3-5-13(8-15)6-4-11;1-5-4-2-3-4;2*1-2/h7-8,11H,3-6H2,1-2H3;4-5H,2-3H2,1H3;2*1-2H3. The second-order valence-electron chi connectivity index (χ2n) is 5.81. The monoisotopic (exact) mass is 338 g/mol. The van der Waals surface area contributed by atoms with Crippen molar-refractivity contribution in [2.45, 2.75) is 79.3 Å². The summed E-state index contributed by atoms with van der Waals surface area (Å²) in [5.74, 6) is 0. The van der Waals surface area contributed by atoms with Crippen LogP contribution in [0.2, 0.25) is 0 Å². The SMILES string of the molecule is CC.CC.CNC1CC1.Cc1cn(C2CCN(C=O)CC2)nc1C. The number of nitrogens with one attached hydrogen (secondary N) is 1. The zero-order valence-corrected chi connectivity index (χ0v) is 16.8. The van der Waals surface area contributed by atoms with Gasteiger partial charge in [-0.3, -0.25) is 9.48 Å². The first kappa shape index (κ1) is 22.6. The van der Waals surface area contributed by atoms with E-state index in [1.165, 1.54) is 18.4 Å². The molecule has 140 valence electrons. The van der Waals surface area contributed by atoms with Crippen LogP contribution in [0, 0.1) is 13.8 Å². The zero-order chi connectivity index (χ0) is 18.5. The van der Waals surface area contributed by atoms with E-state index in [0.717, 1.165) is 44.1 Å². The van der Waals surface area contributed by atoms with Crippen molar-refractivity contribution < 1.29 is 4.79 Å². The number of aromatic nitrogens is 2. The number of amides is 1. The average Bonchev–Trinajstić information content (AvgIpc) is 3.44. The zero-order valence-electron chi connectivity index (χ0n) is 16.8. The Labute approximate surface area is 148 Å². The summed E-state index contributed by atoms with van der Waals surface area (Å²) in [7, 11) is 2.01. The lowest BCUT2D eigenvalue weighted by Gasteiger charge is -2.29. The highest BCUT2D eigenvalue weighted by Crippen LogP contribution is 2.22. The molecule has 1 aromatic rings. The van der Waals surface area contributed by atoms with Crippen molar-refractivity contribution in [1.82, 2.24) is 20.0 Å². The molecule has 2 heterocycles. The Morgan fingerprint density at radius 3 is 1.92 bits per heavy atom. The van der Waals surface area contributed by atoms with Gasteiger partial charge in [-0.15, -0.1) is 0 Å². The molecule has 0 spiro atoms. The normalized spacial score (nSPS) is 16.7. The van der Waals surface area contributed by atoms with Gasteiger partial charge in [-0.05, 0) is 52.1 Å². The highest BCUT2D eigenvalue weighted by molar-refractivity contribution is 5.47. The van der Waals surface area contributed by atoms with Gasteiger partial charge in [0.1, 0.15) is 0 Å². The maximum Gasteiger partial charge on any atom is 0.209 e. The van der Waals surface area contributed by atoms with E-state index in [4.69, 9.17) is 0 Å². The molecule has 24 heavy (non-hydrogen) atoms.